The molecule has 0 bridgehead atoms. The second kappa shape index (κ2) is 7.44. The van der Waals surface area contributed by atoms with Gasteiger partial charge in [-0.05, 0) is 23.8 Å². The number of ether oxygens (including phenoxy) is 1. The lowest BCUT2D eigenvalue weighted by Gasteiger charge is -2.09. The summed E-state index contributed by atoms with van der Waals surface area (Å²) in [6.45, 7) is 0.451. The monoisotopic (exact) mass is 347 g/mol. The molecule has 0 fully saturated rings. The molecule has 0 saturated carbocycles. The van der Waals surface area contributed by atoms with E-state index in [0.29, 0.717) is 12.4 Å². The molecule has 2 rings (SSSR count). The van der Waals surface area contributed by atoms with Crippen molar-refractivity contribution >= 4 is 28.2 Å². The number of nitrogens with zero attached hydrogens (tertiary/aromatic N) is 1. The lowest BCUT2D eigenvalue weighted by Crippen LogP contribution is -2.24. The number of primary amides is 1. The Hall–Kier alpha value is -2.34. The molecule has 0 aromatic heterocycles. The van der Waals surface area contributed by atoms with Crippen molar-refractivity contribution in [2.24, 2.45) is 10.8 Å². The molecule has 0 aliphatic heterocycles. The van der Waals surface area contributed by atoms with Crippen LogP contribution in [0.5, 0.6) is 5.75 Å². The topological polar surface area (TPSA) is 76.7 Å². The highest BCUT2D eigenvalue weighted by atomic mass is 79.9. The first-order chi connectivity index (χ1) is 10.1. The van der Waals surface area contributed by atoms with E-state index in [1.54, 1.807) is 0 Å². The van der Waals surface area contributed by atoms with Gasteiger partial charge in [0.1, 0.15) is 12.4 Å². The van der Waals surface area contributed by atoms with Gasteiger partial charge in [0.05, 0.1) is 6.21 Å². The van der Waals surface area contributed by atoms with E-state index in [-0.39, 0.29) is 0 Å². The lowest BCUT2D eigenvalue weighted by molar-refractivity contribution is 0.249. The Morgan fingerprint density at radius 1 is 1.29 bits per heavy atom. The van der Waals surface area contributed by atoms with Crippen LogP contribution in [0.4, 0.5) is 4.79 Å². The van der Waals surface area contributed by atoms with Crippen LogP contribution in [0.1, 0.15) is 11.1 Å². The molecule has 6 heteroatoms. The second-order valence-electron chi connectivity index (χ2n) is 4.19. The maximum atomic E-state index is 10.6. The van der Waals surface area contributed by atoms with Gasteiger partial charge in [0.25, 0.3) is 0 Å². The van der Waals surface area contributed by atoms with Crippen LogP contribution in [-0.4, -0.2) is 12.2 Å². The summed E-state index contributed by atoms with van der Waals surface area (Å²) in [6, 6.07) is 14.7. The molecule has 0 heterocycles. The van der Waals surface area contributed by atoms with Gasteiger partial charge in [-0.15, -0.1) is 0 Å². The summed E-state index contributed by atoms with van der Waals surface area (Å²) < 4.78 is 6.66. The van der Waals surface area contributed by atoms with Gasteiger partial charge in [0.15, 0.2) is 0 Å². The number of hydrogen-bond donors (Lipinski definition) is 2. The molecule has 3 N–H and O–H groups in total. The summed E-state index contributed by atoms with van der Waals surface area (Å²) in [5.41, 5.74) is 8.91. The highest BCUT2D eigenvalue weighted by molar-refractivity contribution is 9.10. The molecule has 108 valence electrons. The van der Waals surface area contributed by atoms with Crippen LogP contribution in [0.3, 0.4) is 0 Å². The fourth-order valence-electron chi connectivity index (χ4n) is 1.65. The van der Waals surface area contributed by atoms with Gasteiger partial charge in [-0.2, -0.15) is 5.10 Å². The van der Waals surface area contributed by atoms with Gasteiger partial charge in [0, 0.05) is 10.0 Å². The highest BCUT2D eigenvalue weighted by Gasteiger charge is 2.03. The van der Waals surface area contributed by atoms with Crippen LogP contribution in [0.2, 0.25) is 0 Å². The van der Waals surface area contributed by atoms with Crippen molar-refractivity contribution in [1.82, 2.24) is 5.43 Å². The Labute approximate surface area is 130 Å². The molecule has 2 aromatic carbocycles. The first-order valence-corrected chi connectivity index (χ1v) is 6.99. The van der Waals surface area contributed by atoms with Crippen LogP contribution in [0.15, 0.2) is 58.1 Å². The molecular weight excluding hydrogens is 334 g/mol. The van der Waals surface area contributed by atoms with E-state index >= 15 is 0 Å². The molecule has 2 amide bonds. The largest absolute Gasteiger partial charge is 0.488 e. The van der Waals surface area contributed by atoms with Gasteiger partial charge in [-0.25, -0.2) is 10.2 Å². The zero-order valence-electron chi connectivity index (χ0n) is 11.1. The summed E-state index contributed by atoms with van der Waals surface area (Å²) in [5.74, 6) is 0.664. The van der Waals surface area contributed by atoms with Crippen molar-refractivity contribution in [3.05, 3.63) is 64.1 Å². The number of carbonyl (C=O) groups excluding carboxylic acids is 1. The molecule has 21 heavy (non-hydrogen) atoms. The third-order valence-electron chi connectivity index (χ3n) is 2.59. The second-order valence-corrected chi connectivity index (χ2v) is 5.11. The number of hydrogen-bond acceptors (Lipinski definition) is 3. The summed E-state index contributed by atoms with van der Waals surface area (Å²) >= 11 is 3.38. The maximum absolute atomic E-state index is 10.6. The number of benzene rings is 2. The van der Waals surface area contributed by atoms with Crippen LogP contribution in [0.25, 0.3) is 0 Å². The Morgan fingerprint density at radius 2 is 2.05 bits per heavy atom. The van der Waals surface area contributed by atoms with Crippen LogP contribution in [0, 0.1) is 0 Å². The van der Waals surface area contributed by atoms with Gasteiger partial charge < -0.3 is 10.5 Å². The third-order valence-corrected chi connectivity index (χ3v) is 3.08. The predicted molar refractivity (Wildman–Crippen MR) is 85.2 cm³/mol. The van der Waals surface area contributed by atoms with Crippen molar-refractivity contribution in [2.75, 3.05) is 0 Å². The normalized spacial score (nSPS) is 10.5. The SMILES string of the molecule is NC(=O)NN=Cc1cc(Br)ccc1OCc1ccccc1. The minimum Gasteiger partial charge on any atom is -0.488 e. The van der Waals surface area contributed by atoms with Crippen molar-refractivity contribution in [3.63, 3.8) is 0 Å². The highest BCUT2D eigenvalue weighted by Crippen LogP contribution is 2.22. The quantitative estimate of drug-likeness (QED) is 0.644. The van der Waals surface area contributed by atoms with E-state index in [1.807, 2.05) is 48.5 Å². The third kappa shape index (κ3) is 4.92. The molecule has 0 saturated heterocycles. The van der Waals surface area contributed by atoms with Gasteiger partial charge in [0.2, 0.25) is 0 Å². The molecule has 0 aliphatic rings. The standard InChI is InChI=1S/C15H14BrN3O2/c16-13-6-7-14(12(8-13)9-18-19-15(17)20)21-10-11-4-2-1-3-5-11/h1-9H,10H2,(H3,17,19,20). The first-order valence-electron chi connectivity index (χ1n) is 6.20. The number of nitrogens with two attached hydrogens (primary N) is 1. The van der Waals surface area contributed by atoms with E-state index in [1.165, 1.54) is 6.21 Å². The van der Waals surface area contributed by atoms with Crippen molar-refractivity contribution in [1.29, 1.82) is 0 Å². The number of rotatable bonds is 5. The summed E-state index contributed by atoms with van der Waals surface area (Å²) in [6.07, 6.45) is 1.48. The molecule has 0 atom stereocenters. The number of urea groups is 1. The number of carbonyl (C=O) groups is 1. The van der Waals surface area contributed by atoms with Crippen molar-refractivity contribution < 1.29 is 9.53 Å². The van der Waals surface area contributed by atoms with Gasteiger partial charge >= 0.3 is 6.03 Å². The fourth-order valence-corrected chi connectivity index (χ4v) is 2.03. The van der Waals surface area contributed by atoms with E-state index < -0.39 is 6.03 Å². The van der Waals surface area contributed by atoms with Gasteiger partial charge in [-0.1, -0.05) is 46.3 Å². The van der Waals surface area contributed by atoms with Crippen molar-refractivity contribution in [3.8, 4) is 5.75 Å². The molecule has 0 aliphatic carbocycles. The Balaban J connectivity index is 2.11. The van der Waals surface area contributed by atoms with Crippen LogP contribution in [-0.2, 0) is 6.61 Å². The van der Waals surface area contributed by atoms with E-state index in [0.717, 1.165) is 15.6 Å². The lowest BCUT2D eigenvalue weighted by atomic mass is 10.2. The summed E-state index contributed by atoms with van der Waals surface area (Å²) in [4.78, 5) is 10.6. The maximum Gasteiger partial charge on any atom is 0.332 e. The molecule has 0 unspecified atom stereocenters. The summed E-state index contributed by atoms with van der Waals surface area (Å²) in [7, 11) is 0. The summed E-state index contributed by atoms with van der Waals surface area (Å²) in [5, 5.41) is 3.75. The van der Waals surface area contributed by atoms with Crippen molar-refractivity contribution in [2.45, 2.75) is 6.61 Å². The fraction of sp³-hybridized carbons (Fsp3) is 0.0667. The van der Waals surface area contributed by atoms with Crippen LogP contribution >= 0.6 is 15.9 Å². The number of amides is 2. The minimum absolute atomic E-state index is 0.451. The molecule has 2 aromatic rings. The van der Waals surface area contributed by atoms with Crippen LogP contribution < -0.4 is 15.9 Å². The predicted octanol–water partition coefficient (Wildman–Crippen LogP) is 3.03. The average molecular weight is 348 g/mol. The molecule has 0 spiro atoms. The number of halogens is 1. The van der Waals surface area contributed by atoms with E-state index in [9.17, 15) is 4.79 Å². The Morgan fingerprint density at radius 3 is 2.76 bits per heavy atom. The number of hydrazone groups is 1. The first kappa shape index (κ1) is 15.1. The minimum atomic E-state index is -0.715. The van der Waals surface area contributed by atoms with Gasteiger partial charge in [-0.3, -0.25) is 0 Å². The zero-order valence-corrected chi connectivity index (χ0v) is 12.7. The average Bonchev–Trinajstić information content (AvgIpc) is 2.47. The van der Waals surface area contributed by atoms with E-state index in [2.05, 4.69) is 26.5 Å². The molecular formula is C15H14BrN3O2. The Bertz CT molecular complexity index is 645. The molecule has 0 radical (unpaired) electrons. The number of nitrogens with one attached hydrogen (secondary N) is 1. The van der Waals surface area contributed by atoms with E-state index in [4.69, 9.17) is 10.5 Å². The zero-order chi connectivity index (χ0) is 15.1. The molecule has 5 nitrogen and oxygen atoms in total. The smallest absolute Gasteiger partial charge is 0.332 e. The Kier molecular flexibility index (Phi) is 5.34.